The van der Waals surface area contributed by atoms with E-state index in [1.165, 1.54) is 24.1 Å². The minimum absolute atomic E-state index is 0.234. The van der Waals surface area contributed by atoms with Crippen molar-refractivity contribution in [2.75, 3.05) is 0 Å². The van der Waals surface area contributed by atoms with Crippen molar-refractivity contribution >= 4 is 11.8 Å². The maximum atomic E-state index is 13.5. The summed E-state index contributed by atoms with van der Waals surface area (Å²) in [6.07, 6.45) is 3.08. The Labute approximate surface area is 103 Å². The summed E-state index contributed by atoms with van der Waals surface area (Å²) in [5, 5.41) is 0.526. The van der Waals surface area contributed by atoms with Gasteiger partial charge in [0.1, 0.15) is 12.1 Å². The van der Waals surface area contributed by atoms with Crippen LogP contribution in [-0.2, 0) is 0 Å². The van der Waals surface area contributed by atoms with Gasteiger partial charge in [0.05, 0.1) is 6.20 Å². The third-order valence-electron chi connectivity index (χ3n) is 2.39. The SMILES string of the molecule is Cc1cc(Sc2ncco2)c(C(C)N)cc1F. The van der Waals surface area contributed by atoms with E-state index in [1.54, 1.807) is 19.2 Å². The number of halogens is 1. The van der Waals surface area contributed by atoms with Gasteiger partial charge >= 0.3 is 0 Å². The molecule has 1 aromatic heterocycles. The molecular weight excluding hydrogens is 239 g/mol. The zero-order valence-electron chi connectivity index (χ0n) is 9.61. The predicted molar refractivity (Wildman–Crippen MR) is 64.4 cm³/mol. The fraction of sp³-hybridized carbons (Fsp3) is 0.250. The van der Waals surface area contributed by atoms with E-state index in [1.807, 2.05) is 6.92 Å². The quantitative estimate of drug-likeness (QED) is 0.910. The van der Waals surface area contributed by atoms with Crippen LogP contribution in [0.25, 0.3) is 0 Å². The lowest BCUT2D eigenvalue weighted by atomic mass is 10.1. The molecule has 1 unspecified atom stereocenters. The lowest BCUT2D eigenvalue weighted by Crippen LogP contribution is -2.07. The van der Waals surface area contributed by atoms with E-state index in [-0.39, 0.29) is 11.9 Å². The lowest BCUT2D eigenvalue weighted by Gasteiger charge is -2.12. The molecule has 1 aromatic carbocycles. The van der Waals surface area contributed by atoms with E-state index < -0.39 is 0 Å². The number of rotatable bonds is 3. The van der Waals surface area contributed by atoms with Gasteiger partial charge in [-0.1, -0.05) is 0 Å². The number of aromatic nitrogens is 1. The van der Waals surface area contributed by atoms with Crippen molar-refractivity contribution in [1.29, 1.82) is 0 Å². The van der Waals surface area contributed by atoms with Crippen LogP contribution in [0.15, 0.2) is 39.1 Å². The van der Waals surface area contributed by atoms with Gasteiger partial charge in [-0.15, -0.1) is 0 Å². The Morgan fingerprint density at radius 1 is 1.47 bits per heavy atom. The average molecular weight is 252 g/mol. The Morgan fingerprint density at radius 2 is 2.24 bits per heavy atom. The summed E-state index contributed by atoms with van der Waals surface area (Å²) in [6.45, 7) is 3.55. The molecule has 2 aromatic rings. The maximum absolute atomic E-state index is 13.5. The summed E-state index contributed by atoms with van der Waals surface area (Å²) in [7, 11) is 0. The first-order valence-corrected chi connectivity index (χ1v) is 6.02. The molecule has 0 saturated carbocycles. The Balaban J connectivity index is 2.41. The molecule has 17 heavy (non-hydrogen) atoms. The molecule has 90 valence electrons. The zero-order chi connectivity index (χ0) is 12.4. The van der Waals surface area contributed by atoms with Gasteiger partial charge in [0.15, 0.2) is 0 Å². The third kappa shape index (κ3) is 2.68. The molecule has 0 bridgehead atoms. The highest BCUT2D eigenvalue weighted by molar-refractivity contribution is 7.99. The first-order chi connectivity index (χ1) is 8.08. The van der Waals surface area contributed by atoms with Crippen LogP contribution in [0.5, 0.6) is 0 Å². The van der Waals surface area contributed by atoms with Crippen LogP contribution in [0.3, 0.4) is 0 Å². The molecule has 0 fully saturated rings. The minimum atomic E-state index is -0.242. The fourth-order valence-corrected chi connectivity index (χ4v) is 2.47. The van der Waals surface area contributed by atoms with Crippen LogP contribution in [0.2, 0.25) is 0 Å². The second-order valence-electron chi connectivity index (χ2n) is 3.83. The van der Waals surface area contributed by atoms with Crippen LogP contribution in [-0.4, -0.2) is 4.98 Å². The third-order valence-corrected chi connectivity index (χ3v) is 3.34. The second kappa shape index (κ2) is 4.89. The molecule has 0 aliphatic carbocycles. The zero-order valence-corrected chi connectivity index (χ0v) is 10.4. The van der Waals surface area contributed by atoms with E-state index in [0.717, 1.165) is 10.5 Å². The summed E-state index contributed by atoms with van der Waals surface area (Å²) >= 11 is 1.35. The highest BCUT2D eigenvalue weighted by Crippen LogP contribution is 2.33. The minimum Gasteiger partial charge on any atom is -0.440 e. The van der Waals surface area contributed by atoms with Crippen LogP contribution in [0.4, 0.5) is 4.39 Å². The number of oxazole rings is 1. The lowest BCUT2D eigenvalue weighted by molar-refractivity contribution is 0.454. The van der Waals surface area contributed by atoms with Crippen LogP contribution < -0.4 is 5.73 Å². The largest absolute Gasteiger partial charge is 0.440 e. The molecule has 3 nitrogen and oxygen atoms in total. The molecule has 0 aliphatic rings. The second-order valence-corrected chi connectivity index (χ2v) is 4.82. The summed E-state index contributed by atoms with van der Waals surface area (Å²) in [4.78, 5) is 4.90. The highest BCUT2D eigenvalue weighted by atomic mass is 32.2. The van der Waals surface area contributed by atoms with Crippen LogP contribution >= 0.6 is 11.8 Å². The smallest absolute Gasteiger partial charge is 0.260 e. The topological polar surface area (TPSA) is 52.0 Å². The molecular formula is C12H13FN2OS. The number of hydrogen-bond donors (Lipinski definition) is 1. The van der Waals surface area contributed by atoms with Gasteiger partial charge in [0.25, 0.3) is 5.22 Å². The van der Waals surface area contributed by atoms with Crippen molar-refractivity contribution in [1.82, 2.24) is 4.98 Å². The van der Waals surface area contributed by atoms with Crippen molar-refractivity contribution in [3.05, 3.63) is 41.5 Å². The summed E-state index contributed by atoms with van der Waals surface area (Å²) in [6, 6.07) is 3.01. The summed E-state index contributed by atoms with van der Waals surface area (Å²) < 4.78 is 18.7. The van der Waals surface area contributed by atoms with Crippen molar-refractivity contribution in [2.45, 2.75) is 30.0 Å². The van der Waals surface area contributed by atoms with E-state index >= 15 is 0 Å². The van der Waals surface area contributed by atoms with Gasteiger partial charge in [-0.2, -0.15) is 0 Å². The van der Waals surface area contributed by atoms with Gasteiger partial charge in [0.2, 0.25) is 0 Å². The Bertz CT molecular complexity index is 511. The van der Waals surface area contributed by atoms with E-state index in [4.69, 9.17) is 10.2 Å². The van der Waals surface area contributed by atoms with Crippen molar-refractivity contribution in [3.8, 4) is 0 Å². The van der Waals surface area contributed by atoms with Gasteiger partial charge in [-0.3, -0.25) is 0 Å². The van der Waals surface area contributed by atoms with Gasteiger partial charge in [-0.05, 0) is 48.9 Å². The van der Waals surface area contributed by atoms with Gasteiger partial charge < -0.3 is 10.2 Å². The fourth-order valence-electron chi connectivity index (χ4n) is 1.47. The molecule has 0 radical (unpaired) electrons. The van der Waals surface area contributed by atoms with E-state index in [0.29, 0.717) is 10.8 Å². The average Bonchev–Trinajstić information content (AvgIpc) is 2.75. The first kappa shape index (κ1) is 12.1. The number of aryl methyl sites for hydroxylation is 1. The Kier molecular flexibility index (Phi) is 3.49. The maximum Gasteiger partial charge on any atom is 0.260 e. The van der Waals surface area contributed by atoms with E-state index in [9.17, 15) is 4.39 Å². The summed E-state index contributed by atoms with van der Waals surface area (Å²) in [5.74, 6) is -0.242. The van der Waals surface area contributed by atoms with Crippen molar-refractivity contribution in [3.63, 3.8) is 0 Å². The monoisotopic (exact) mass is 252 g/mol. The number of nitrogens with two attached hydrogens (primary N) is 1. The van der Waals surface area contributed by atoms with Crippen molar-refractivity contribution in [2.24, 2.45) is 5.73 Å². The normalized spacial score (nSPS) is 12.7. The van der Waals surface area contributed by atoms with Gasteiger partial charge in [0, 0.05) is 10.9 Å². The predicted octanol–water partition coefficient (Wildman–Crippen LogP) is 3.29. The molecule has 1 atom stereocenters. The van der Waals surface area contributed by atoms with Crippen molar-refractivity contribution < 1.29 is 8.81 Å². The van der Waals surface area contributed by atoms with Crippen LogP contribution in [0.1, 0.15) is 24.1 Å². The standard InChI is InChI=1S/C12H13FN2OS/c1-7-5-11(17-12-15-3-4-16-12)9(8(2)14)6-10(7)13/h3-6,8H,14H2,1-2H3. The molecule has 2 rings (SSSR count). The molecule has 0 spiro atoms. The Hall–Kier alpha value is -1.33. The number of hydrogen-bond acceptors (Lipinski definition) is 4. The van der Waals surface area contributed by atoms with Gasteiger partial charge in [-0.25, -0.2) is 9.37 Å². The number of benzene rings is 1. The molecule has 0 aliphatic heterocycles. The first-order valence-electron chi connectivity index (χ1n) is 5.21. The summed E-state index contributed by atoms with van der Waals surface area (Å²) in [5.41, 5.74) is 7.18. The highest BCUT2D eigenvalue weighted by Gasteiger charge is 2.13. The number of nitrogens with zero attached hydrogens (tertiary/aromatic N) is 1. The molecule has 0 saturated heterocycles. The molecule has 0 amide bonds. The molecule has 2 N–H and O–H groups in total. The van der Waals surface area contributed by atoms with E-state index in [2.05, 4.69) is 4.98 Å². The van der Waals surface area contributed by atoms with Crippen LogP contribution in [0, 0.1) is 12.7 Å². The Morgan fingerprint density at radius 3 is 2.82 bits per heavy atom. The molecule has 5 heteroatoms. The molecule has 1 heterocycles.